The summed E-state index contributed by atoms with van der Waals surface area (Å²) in [4.78, 5) is 24.5. The Labute approximate surface area is 130 Å². The van der Waals surface area contributed by atoms with Crippen LogP contribution in [0.5, 0.6) is 0 Å². The van der Waals surface area contributed by atoms with Crippen molar-refractivity contribution in [2.45, 2.75) is 13.0 Å². The summed E-state index contributed by atoms with van der Waals surface area (Å²) in [6, 6.07) is 13.8. The Morgan fingerprint density at radius 2 is 1.86 bits per heavy atom. The minimum Gasteiger partial charge on any atom is -0.346 e. The highest BCUT2D eigenvalue weighted by Crippen LogP contribution is 2.20. The number of hydrogen-bond donors (Lipinski definition) is 2. The predicted octanol–water partition coefficient (Wildman–Crippen LogP) is 1.43. The van der Waals surface area contributed by atoms with Crippen LogP contribution in [0.25, 0.3) is 10.8 Å². The fourth-order valence-electron chi connectivity index (χ4n) is 2.27. The summed E-state index contributed by atoms with van der Waals surface area (Å²) in [7, 11) is 1.59. The van der Waals surface area contributed by atoms with Gasteiger partial charge in [0.25, 0.3) is 0 Å². The highest BCUT2D eigenvalue weighted by molar-refractivity contribution is 5.85. The maximum atomic E-state index is 12.0. The molecular formula is C17H21N3O2. The molecule has 22 heavy (non-hydrogen) atoms. The lowest BCUT2D eigenvalue weighted by Gasteiger charge is -2.20. The number of carbonyl (C=O) groups excluding carboxylic acids is 2. The molecule has 2 aromatic carbocycles. The third kappa shape index (κ3) is 3.83. The number of benzene rings is 2. The number of nitrogens with zero attached hydrogens (tertiary/aromatic N) is 1. The van der Waals surface area contributed by atoms with E-state index >= 15 is 0 Å². The van der Waals surface area contributed by atoms with Gasteiger partial charge in [-0.25, -0.2) is 0 Å². The van der Waals surface area contributed by atoms with Crippen LogP contribution in [-0.2, 0) is 9.59 Å². The first kappa shape index (κ1) is 16.0. The molecule has 0 heterocycles. The first-order valence-corrected chi connectivity index (χ1v) is 7.21. The number of likely N-dealkylation sites (N-methyl/N-ethyl adjacent to an activating group) is 1. The maximum absolute atomic E-state index is 12.0. The van der Waals surface area contributed by atoms with E-state index in [1.54, 1.807) is 7.05 Å². The molecule has 0 aliphatic rings. The lowest BCUT2D eigenvalue weighted by molar-refractivity contribution is -0.133. The van der Waals surface area contributed by atoms with Crippen molar-refractivity contribution in [2.24, 2.45) is 5.73 Å². The normalized spacial score (nSPS) is 12.0. The predicted molar refractivity (Wildman–Crippen MR) is 87.2 cm³/mol. The van der Waals surface area contributed by atoms with Crippen LogP contribution in [0, 0.1) is 0 Å². The summed E-state index contributed by atoms with van der Waals surface area (Å²) in [6.45, 7) is 1.75. The van der Waals surface area contributed by atoms with E-state index in [4.69, 9.17) is 5.73 Å². The molecule has 1 unspecified atom stereocenters. The second-order valence-corrected chi connectivity index (χ2v) is 5.34. The molecule has 0 aromatic heterocycles. The second-order valence-electron chi connectivity index (χ2n) is 5.34. The average molecular weight is 299 g/mol. The molecule has 0 saturated carbocycles. The van der Waals surface area contributed by atoms with Gasteiger partial charge in [0.15, 0.2) is 0 Å². The van der Waals surface area contributed by atoms with Crippen LogP contribution >= 0.6 is 0 Å². The van der Waals surface area contributed by atoms with Crippen molar-refractivity contribution in [2.75, 3.05) is 20.1 Å². The maximum Gasteiger partial charge on any atom is 0.240 e. The quantitative estimate of drug-likeness (QED) is 0.877. The molecule has 5 nitrogen and oxygen atoms in total. The van der Waals surface area contributed by atoms with Crippen LogP contribution in [-0.4, -0.2) is 36.9 Å². The number of carbonyl (C=O) groups is 2. The third-order valence-electron chi connectivity index (χ3n) is 3.67. The number of nitrogens with two attached hydrogens (primary N) is 1. The lowest BCUT2D eigenvalue weighted by Crippen LogP contribution is -2.41. The Hall–Kier alpha value is -2.40. The Bertz CT molecular complexity index is 684. The SMILES string of the molecule is CC(=O)N(C)CC(=O)NC(CN)c1ccc2ccccc2c1. The Balaban J connectivity index is 2.12. The van der Waals surface area contributed by atoms with Gasteiger partial charge in [0.1, 0.15) is 0 Å². The molecule has 116 valence electrons. The van der Waals surface area contributed by atoms with E-state index in [2.05, 4.69) is 5.32 Å². The minimum atomic E-state index is -0.266. The molecule has 0 radical (unpaired) electrons. The molecule has 1 atom stereocenters. The van der Waals surface area contributed by atoms with E-state index in [1.807, 2.05) is 42.5 Å². The number of amides is 2. The second kappa shape index (κ2) is 7.04. The van der Waals surface area contributed by atoms with E-state index in [0.29, 0.717) is 6.54 Å². The Morgan fingerprint density at radius 3 is 2.50 bits per heavy atom. The van der Waals surface area contributed by atoms with Crippen LogP contribution in [0.15, 0.2) is 42.5 Å². The van der Waals surface area contributed by atoms with Crippen LogP contribution in [0.4, 0.5) is 0 Å². The summed E-state index contributed by atoms with van der Waals surface area (Å²) < 4.78 is 0. The van der Waals surface area contributed by atoms with Gasteiger partial charge >= 0.3 is 0 Å². The Kier molecular flexibility index (Phi) is 5.12. The molecule has 5 heteroatoms. The van der Waals surface area contributed by atoms with Crippen LogP contribution < -0.4 is 11.1 Å². The lowest BCUT2D eigenvalue weighted by atomic mass is 10.0. The summed E-state index contributed by atoms with van der Waals surface area (Å²) in [6.07, 6.45) is 0. The fourth-order valence-corrected chi connectivity index (χ4v) is 2.27. The van der Waals surface area contributed by atoms with Crippen molar-refractivity contribution >= 4 is 22.6 Å². The van der Waals surface area contributed by atoms with Crippen molar-refractivity contribution in [3.05, 3.63) is 48.0 Å². The highest BCUT2D eigenvalue weighted by atomic mass is 16.2. The number of fused-ring (bicyclic) bond motifs is 1. The summed E-state index contributed by atoms with van der Waals surface area (Å²) in [5, 5.41) is 5.12. The summed E-state index contributed by atoms with van der Waals surface area (Å²) in [5.41, 5.74) is 6.75. The third-order valence-corrected chi connectivity index (χ3v) is 3.67. The van der Waals surface area contributed by atoms with Gasteiger partial charge in [0.2, 0.25) is 11.8 Å². The van der Waals surface area contributed by atoms with E-state index < -0.39 is 0 Å². The van der Waals surface area contributed by atoms with Gasteiger partial charge in [-0.05, 0) is 22.4 Å². The minimum absolute atomic E-state index is 0.0272. The first-order valence-electron chi connectivity index (χ1n) is 7.21. The number of hydrogen-bond acceptors (Lipinski definition) is 3. The smallest absolute Gasteiger partial charge is 0.240 e. The molecule has 0 saturated heterocycles. The monoisotopic (exact) mass is 299 g/mol. The number of rotatable bonds is 5. The van der Waals surface area contributed by atoms with Gasteiger partial charge in [-0.2, -0.15) is 0 Å². The molecule has 0 fully saturated rings. The largest absolute Gasteiger partial charge is 0.346 e. The standard InChI is InChI=1S/C17H21N3O2/c1-12(21)20(2)11-17(22)19-16(10-18)15-8-7-13-5-3-4-6-14(13)9-15/h3-9,16H,10-11,18H2,1-2H3,(H,19,22). The van der Waals surface area contributed by atoms with Gasteiger partial charge < -0.3 is 16.0 Å². The van der Waals surface area contributed by atoms with E-state index in [0.717, 1.165) is 16.3 Å². The highest BCUT2D eigenvalue weighted by Gasteiger charge is 2.15. The molecule has 0 aliphatic heterocycles. The van der Waals surface area contributed by atoms with Crippen molar-refractivity contribution in [1.82, 2.24) is 10.2 Å². The molecule has 0 spiro atoms. The zero-order valence-corrected chi connectivity index (χ0v) is 12.9. The molecule has 2 rings (SSSR count). The van der Waals surface area contributed by atoms with Gasteiger partial charge in [-0.3, -0.25) is 9.59 Å². The molecule has 2 amide bonds. The first-order chi connectivity index (χ1) is 10.5. The molecule has 3 N–H and O–H groups in total. The van der Waals surface area contributed by atoms with Crippen molar-refractivity contribution in [3.8, 4) is 0 Å². The van der Waals surface area contributed by atoms with Gasteiger partial charge in [-0.15, -0.1) is 0 Å². The summed E-state index contributed by atoms with van der Waals surface area (Å²) in [5.74, 6) is -0.369. The molecular weight excluding hydrogens is 278 g/mol. The molecule has 0 bridgehead atoms. The molecule has 0 aliphatic carbocycles. The van der Waals surface area contributed by atoms with Crippen LogP contribution in [0.3, 0.4) is 0 Å². The van der Waals surface area contributed by atoms with Crippen molar-refractivity contribution in [1.29, 1.82) is 0 Å². The van der Waals surface area contributed by atoms with Gasteiger partial charge in [0, 0.05) is 20.5 Å². The number of nitrogens with one attached hydrogen (secondary N) is 1. The average Bonchev–Trinajstić information content (AvgIpc) is 2.52. The van der Waals surface area contributed by atoms with Gasteiger partial charge in [-0.1, -0.05) is 36.4 Å². The van der Waals surface area contributed by atoms with Crippen molar-refractivity contribution in [3.63, 3.8) is 0 Å². The topological polar surface area (TPSA) is 75.4 Å². The summed E-state index contributed by atoms with van der Waals surface area (Å²) >= 11 is 0. The van der Waals surface area contributed by atoms with E-state index in [-0.39, 0.29) is 24.4 Å². The van der Waals surface area contributed by atoms with E-state index in [1.165, 1.54) is 11.8 Å². The van der Waals surface area contributed by atoms with Crippen molar-refractivity contribution < 1.29 is 9.59 Å². The Morgan fingerprint density at radius 1 is 1.18 bits per heavy atom. The molecule has 2 aromatic rings. The zero-order valence-electron chi connectivity index (χ0n) is 12.9. The zero-order chi connectivity index (χ0) is 16.1. The van der Waals surface area contributed by atoms with Crippen LogP contribution in [0.1, 0.15) is 18.5 Å². The fraction of sp³-hybridized carbons (Fsp3) is 0.294. The van der Waals surface area contributed by atoms with E-state index in [9.17, 15) is 9.59 Å². The van der Waals surface area contributed by atoms with Crippen LogP contribution in [0.2, 0.25) is 0 Å². The van der Waals surface area contributed by atoms with Gasteiger partial charge in [0.05, 0.1) is 12.6 Å².